The summed E-state index contributed by atoms with van der Waals surface area (Å²) in [5.41, 5.74) is 0.491. The van der Waals surface area contributed by atoms with Gasteiger partial charge in [0, 0.05) is 24.7 Å². The third-order valence-electron chi connectivity index (χ3n) is 4.33. The van der Waals surface area contributed by atoms with E-state index in [1.807, 2.05) is 0 Å². The number of carbonyl (C=O) groups is 2. The van der Waals surface area contributed by atoms with Crippen molar-refractivity contribution in [2.75, 3.05) is 36.6 Å². The number of ether oxygens (including phenoxy) is 1. The molecular formula is C19H18F3N3O5S2. The van der Waals surface area contributed by atoms with E-state index in [1.54, 1.807) is 6.07 Å². The number of carbonyl (C=O) groups excluding carboxylic acids is 2. The number of anilines is 2. The maximum absolute atomic E-state index is 12.5. The van der Waals surface area contributed by atoms with E-state index < -0.39 is 34.6 Å². The van der Waals surface area contributed by atoms with E-state index in [9.17, 15) is 31.2 Å². The summed E-state index contributed by atoms with van der Waals surface area (Å²) in [6, 6.07) is 8.88. The van der Waals surface area contributed by atoms with Crippen molar-refractivity contribution < 1.29 is 35.9 Å². The van der Waals surface area contributed by atoms with Crippen molar-refractivity contribution in [1.29, 1.82) is 0 Å². The molecule has 0 unspecified atom stereocenters. The molecule has 0 fully saturated rings. The van der Waals surface area contributed by atoms with Crippen molar-refractivity contribution >= 4 is 45.0 Å². The monoisotopic (exact) mass is 489 g/mol. The van der Waals surface area contributed by atoms with Crippen LogP contribution < -0.4 is 15.0 Å². The number of nitrogens with zero attached hydrogens (tertiary/aromatic N) is 2. The van der Waals surface area contributed by atoms with Gasteiger partial charge in [-0.15, -0.1) is 24.9 Å². The van der Waals surface area contributed by atoms with E-state index in [-0.39, 0.29) is 22.2 Å². The Morgan fingerprint density at radius 2 is 1.84 bits per heavy atom. The molecule has 0 saturated carbocycles. The van der Waals surface area contributed by atoms with Crippen molar-refractivity contribution in [3.05, 3.63) is 42.5 Å². The largest absolute Gasteiger partial charge is 0.573 e. The average Bonchev–Trinajstić information content (AvgIpc) is 2.70. The number of hydrogen-bond donors (Lipinski definition) is 1. The summed E-state index contributed by atoms with van der Waals surface area (Å²) in [6.07, 6.45) is -4.83. The first-order valence-corrected chi connectivity index (χ1v) is 11.4. The number of amides is 2. The van der Waals surface area contributed by atoms with Gasteiger partial charge in [-0.2, -0.15) is 0 Å². The molecule has 1 aliphatic rings. The third-order valence-corrected chi connectivity index (χ3v) is 7.18. The van der Waals surface area contributed by atoms with Crippen LogP contribution in [-0.2, 0) is 19.6 Å². The van der Waals surface area contributed by atoms with E-state index in [2.05, 4.69) is 10.1 Å². The van der Waals surface area contributed by atoms with Crippen LogP contribution in [0.1, 0.15) is 0 Å². The summed E-state index contributed by atoms with van der Waals surface area (Å²) in [4.78, 5) is 26.7. The first-order chi connectivity index (χ1) is 14.9. The van der Waals surface area contributed by atoms with Gasteiger partial charge in [0.05, 0.1) is 16.3 Å². The lowest BCUT2D eigenvalue weighted by atomic mass is 10.2. The summed E-state index contributed by atoms with van der Waals surface area (Å²) in [7, 11) is -0.992. The zero-order valence-electron chi connectivity index (χ0n) is 16.8. The van der Waals surface area contributed by atoms with E-state index in [1.165, 1.54) is 55.0 Å². The molecule has 0 atom stereocenters. The van der Waals surface area contributed by atoms with Crippen LogP contribution in [0.3, 0.4) is 0 Å². The minimum Gasteiger partial charge on any atom is -0.406 e. The fourth-order valence-corrected chi connectivity index (χ4v) is 4.65. The Kier molecular flexibility index (Phi) is 6.72. The van der Waals surface area contributed by atoms with Crippen LogP contribution >= 0.6 is 11.8 Å². The fourth-order valence-electron chi connectivity index (χ4n) is 2.81. The Bertz CT molecular complexity index is 1140. The Balaban J connectivity index is 1.77. The number of sulfonamides is 1. The van der Waals surface area contributed by atoms with Gasteiger partial charge >= 0.3 is 6.36 Å². The number of benzene rings is 2. The average molecular weight is 489 g/mol. The summed E-state index contributed by atoms with van der Waals surface area (Å²) in [6.45, 7) is -0.404. The second-order valence-electron chi connectivity index (χ2n) is 6.81. The Labute approximate surface area is 186 Å². The number of rotatable bonds is 6. The maximum Gasteiger partial charge on any atom is 0.573 e. The van der Waals surface area contributed by atoms with Crippen LogP contribution in [0.5, 0.6) is 5.75 Å². The topological polar surface area (TPSA) is 96.0 Å². The second kappa shape index (κ2) is 9.00. The highest BCUT2D eigenvalue weighted by molar-refractivity contribution is 8.00. The second-order valence-corrected chi connectivity index (χ2v) is 9.97. The molecular weight excluding hydrogens is 471 g/mol. The number of halogens is 3. The Hall–Kier alpha value is -2.77. The summed E-state index contributed by atoms with van der Waals surface area (Å²) >= 11 is 1.23. The normalized spacial score (nSPS) is 14.3. The van der Waals surface area contributed by atoms with Crippen molar-refractivity contribution in [2.45, 2.75) is 16.2 Å². The summed E-state index contributed by atoms with van der Waals surface area (Å²) < 4.78 is 66.4. The SMILES string of the molecule is CN(C)S(=O)(=O)c1ccc2c(c1)N(CC(=O)Nc1ccc(OC(F)(F)F)cc1)C(=O)CS2. The van der Waals surface area contributed by atoms with Crippen LogP contribution in [0.15, 0.2) is 52.3 Å². The molecule has 0 bridgehead atoms. The molecule has 13 heteroatoms. The lowest BCUT2D eigenvalue weighted by Crippen LogP contribution is -2.41. The third kappa shape index (κ3) is 5.53. The number of fused-ring (bicyclic) bond motifs is 1. The number of alkyl halides is 3. The maximum atomic E-state index is 12.5. The molecule has 1 N–H and O–H groups in total. The molecule has 0 aliphatic carbocycles. The summed E-state index contributed by atoms with van der Waals surface area (Å²) in [5, 5.41) is 2.49. The van der Waals surface area contributed by atoms with Crippen LogP contribution in [0.2, 0.25) is 0 Å². The van der Waals surface area contributed by atoms with Crippen LogP contribution in [0.25, 0.3) is 0 Å². The number of hydrogen-bond acceptors (Lipinski definition) is 6. The van der Waals surface area contributed by atoms with Gasteiger partial charge in [0.15, 0.2) is 0 Å². The standard InChI is InChI=1S/C19H18F3N3O5S2/c1-24(2)32(28,29)14-7-8-16-15(9-14)25(18(27)11-31-16)10-17(26)23-12-3-5-13(6-4-12)30-19(20,21)22/h3-9H,10-11H2,1-2H3,(H,23,26). The molecule has 0 spiro atoms. The molecule has 2 aromatic carbocycles. The van der Waals surface area contributed by atoms with Crippen molar-refractivity contribution in [2.24, 2.45) is 0 Å². The van der Waals surface area contributed by atoms with Crippen LogP contribution in [-0.4, -0.2) is 57.3 Å². The summed E-state index contributed by atoms with van der Waals surface area (Å²) in [5.74, 6) is -1.36. The highest BCUT2D eigenvalue weighted by Gasteiger charge is 2.31. The van der Waals surface area contributed by atoms with Gasteiger partial charge in [-0.1, -0.05) is 0 Å². The molecule has 3 rings (SSSR count). The van der Waals surface area contributed by atoms with E-state index >= 15 is 0 Å². The van der Waals surface area contributed by atoms with Crippen molar-refractivity contribution in [1.82, 2.24) is 4.31 Å². The molecule has 0 aromatic heterocycles. The van der Waals surface area contributed by atoms with Crippen molar-refractivity contribution in [3.8, 4) is 5.75 Å². The zero-order chi connectivity index (χ0) is 23.7. The highest BCUT2D eigenvalue weighted by atomic mass is 32.2. The molecule has 32 heavy (non-hydrogen) atoms. The lowest BCUT2D eigenvalue weighted by molar-refractivity contribution is -0.274. The highest BCUT2D eigenvalue weighted by Crippen LogP contribution is 2.37. The molecule has 2 amide bonds. The first-order valence-electron chi connectivity index (χ1n) is 9.02. The quantitative estimate of drug-likeness (QED) is 0.671. The van der Waals surface area contributed by atoms with Gasteiger partial charge < -0.3 is 15.0 Å². The Morgan fingerprint density at radius 1 is 1.19 bits per heavy atom. The van der Waals surface area contributed by atoms with Crippen molar-refractivity contribution in [3.63, 3.8) is 0 Å². The number of nitrogens with one attached hydrogen (secondary N) is 1. The minimum atomic E-state index is -4.83. The van der Waals surface area contributed by atoms with E-state index in [4.69, 9.17) is 0 Å². The molecule has 1 aliphatic heterocycles. The van der Waals surface area contributed by atoms with Gasteiger partial charge in [0.25, 0.3) is 0 Å². The van der Waals surface area contributed by atoms with Crippen LogP contribution in [0.4, 0.5) is 24.5 Å². The minimum absolute atomic E-state index is 0.0257. The predicted molar refractivity (Wildman–Crippen MR) is 112 cm³/mol. The molecule has 172 valence electrons. The van der Waals surface area contributed by atoms with Gasteiger partial charge in [-0.3, -0.25) is 9.59 Å². The Morgan fingerprint density at radius 3 is 2.44 bits per heavy atom. The number of thioether (sulfide) groups is 1. The lowest BCUT2D eigenvalue weighted by Gasteiger charge is -2.29. The van der Waals surface area contributed by atoms with Crippen LogP contribution in [0, 0.1) is 0 Å². The van der Waals surface area contributed by atoms with Gasteiger partial charge in [0.2, 0.25) is 21.8 Å². The van der Waals surface area contributed by atoms with Gasteiger partial charge in [0.1, 0.15) is 12.3 Å². The molecule has 2 aromatic rings. The van der Waals surface area contributed by atoms with Gasteiger partial charge in [-0.05, 0) is 42.5 Å². The van der Waals surface area contributed by atoms with Gasteiger partial charge in [-0.25, -0.2) is 12.7 Å². The fraction of sp³-hybridized carbons (Fsp3) is 0.263. The molecule has 8 nitrogen and oxygen atoms in total. The molecule has 1 heterocycles. The molecule has 0 saturated heterocycles. The van der Waals surface area contributed by atoms with E-state index in [0.717, 1.165) is 16.4 Å². The first kappa shape index (κ1) is 23.9. The predicted octanol–water partition coefficient (Wildman–Crippen LogP) is 2.91. The molecule has 0 radical (unpaired) electrons. The van der Waals surface area contributed by atoms with E-state index in [0.29, 0.717) is 10.6 Å². The zero-order valence-corrected chi connectivity index (χ0v) is 18.5. The smallest absolute Gasteiger partial charge is 0.406 e.